The molecule has 0 aliphatic rings. The van der Waals surface area contributed by atoms with E-state index in [0.717, 1.165) is 6.07 Å². The highest BCUT2D eigenvalue weighted by Crippen LogP contribution is 2.28. The predicted octanol–water partition coefficient (Wildman–Crippen LogP) is 1.73. The molecule has 0 spiro atoms. The van der Waals surface area contributed by atoms with E-state index in [1.54, 1.807) is 20.8 Å². The molecule has 1 aromatic rings. The molecule has 0 aliphatic carbocycles. The second kappa shape index (κ2) is 7.52. The molecule has 0 heterocycles. The molecule has 9 heteroatoms. The average Bonchev–Trinajstić information content (AvgIpc) is 2.37. The Morgan fingerprint density at radius 2 is 1.95 bits per heavy atom. The number of nitro benzene ring substituents is 1. The highest BCUT2D eigenvalue weighted by atomic mass is 32.2. The summed E-state index contributed by atoms with van der Waals surface area (Å²) in [6.45, 7) is 5.52. The summed E-state index contributed by atoms with van der Waals surface area (Å²) in [5.74, 6) is 0. The molecule has 0 saturated carbocycles. The maximum absolute atomic E-state index is 12.1. The van der Waals surface area contributed by atoms with E-state index in [0.29, 0.717) is 6.61 Å². The molecule has 0 bridgehead atoms. The van der Waals surface area contributed by atoms with Crippen molar-refractivity contribution in [3.63, 3.8) is 0 Å². The zero-order chi connectivity index (χ0) is 16.9. The van der Waals surface area contributed by atoms with E-state index >= 15 is 0 Å². The molecule has 22 heavy (non-hydrogen) atoms. The van der Waals surface area contributed by atoms with Crippen LogP contribution in [0.5, 0.6) is 0 Å². The van der Waals surface area contributed by atoms with Crippen LogP contribution in [0.1, 0.15) is 20.8 Å². The van der Waals surface area contributed by atoms with Gasteiger partial charge < -0.3 is 10.1 Å². The zero-order valence-corrected chi connectivity index (χ0v) is 13.8. The van der Waals surface area contributed by atoms with E-state index < -0.39 is 14.9 Å². The molecule has 0 aliphatic heterocycles. The summed E-state index contributed by atoms with van der Waals surface area (Å²) >= 11 is 0. The second-order valence-electron chi connectivity index (χ2n) is 5.21. The van der Waals surface area contributed by atoms with Crippen molar-refractivity contribution in [3.05, 3.63) is 28.3 Å². The number of benzene rings is 1. The van der Waals surface area contributed by atoms with Gasteiger partial charge in [0.05, 0.1) is 16.4 Å². The topological polar surface area (TPSA) is 111 Å². The van der Waals surface area contributed by atoms with Crippen molar-refractivity contribution in [1.82, 2.24) is 4.72 Å². The molecule has 1 atom stereocenters. The minimum Gasteiger partial charge on any atom is -0.383 e. The molecule has 0 amide bonds. The Balaban J connectivity index is 3.17. The van der Waals surface area contributed by atoms with Crippen LogP contribution in [0.15, 0.2) is 23.1 Å². The molecule has 0 aromatic heterocycles. The number of methoxy groups -OCH3 is 1. The van der Waals surface area contributed by atoms with Crippen LogP contribution in [-0.2, 0) is 14.8 Å². The fourth-order valence-electron chi connectivity index (χ4n) is 1.89. The SMILES string of the molecule is COC[C@@H](C)Nc1ccc(S(=O)(=O)NC(C)C)cc1[N+](=O)[O-]. The molecule has 2 N–H and O–H groups in total. The Hall–Kier alpha value is -1.71. The minimum absolute atomic E-state index is 0.141. The number of ether oxygens (including phenoxy) is 1. The Kier molecular flexibility index (Phi) is 6.27. The zero-order valence-electron chi connectivity index (χ0n) is 13.0. The lowest BCUT2D eigenvalue weighted by Gasteiger charge is -2.15. The summed E-state index contributed by atoms with van der Waals surface area (Å²) in [4.78, 5) is 10.4. The monoisotopic (exact) mass is 331 g/mol. The van der Waals surface area contributed by atoms with Crippen LogP contribution < -0.4 is 10.0 Å². The van der Waals surface area contributed by atoms with Crippen molar-refractivity contribution in [3.8, 4) is 0 Å². The first-order valence-electron chi connectivity index (χ1n) is 6.73. The molecule has 1 rings (SSSR count). The third-order valence-corrected chi connectivity index (χ3v) is 4.34. The summed E-state index contributed by atoms with van der Waals surface area (Å²) in [5.41, 5.74) is -0.0485. The first-order valence-corrected chi connectivity index (χ1v) is 8.22. The Bertz CT molecular complexity index is 631. The van der Waals surface area contributed by atoms with Crippen LogP contribution in [0.2, 0.25) is 0 Å². The molecule has 0 radical (unpaired) electrons. The van der Waals surface area contributed by atoms with Gasteiger partial charge in [-0.3, -0.25) is 10.1 Å². The molecule has 0 saturated heterocycles. The van der Waals surface area contributed by atoms with Gasteiger partial charge in [0, 0.05) is 25.3 Å². The standard InChI is InChI=1S/C13H21N3O5S/c1-9(2)15-22(19,20)11-5-6-12(13(7-11)16(17)18)14-10(3)8-21-4/h5-7,9-10,14-15H,8H2,1-4H3/t10-/m1/s1. The molecule has 0 unspecified atom stereocenters. The van der Waals surface area contributed by atoms with Crippen molar-refractivity contribution >= 4 is 21.4 Å². The molecule has 1 aromatic carbocycles. The van der Waals surface area contributed by atoms with Gasteiger partial charge in [0.1, 0.15) is 5.69 Å². The van der Waals surface area contributed by atoms with E-state index in [-0.39, 0.29) is 28.4 Å². The van der Waals surface area contributed by atoms with E-state index in [2.05, 4.69) is 10.0 Å². The van der Waals surface area contributed by atoms with Crippen molar-refractivity contribution in [2.24, 2.45) is 0 Å². The van der Waals surface area contributed by atoms with Gasteiger partial charge in [-0.15, -0.1) is 0 Å². The molecule has 8 nitrogen and oxygen atoms in total. The summed E-state index contributed by atoms with van der Waals surface area (Å²) in [6, 6.07) is 3.31. The molecule has 0 fully saturated rings. The van der Waals surface area contributed by atoms with Gasteiger partial charge in [-0.05, 0) is 32.9 Å². The van der Waals surface area contributed by atoms with Gasteiger partial charge in [0.2, 0.25) is 10.0 Å². The number of nitrogens with one attached hydrogen (secondary N) is 2. The maximum Gasteiger partial charge on any atom is 0.293 e. The lowest BCUT2D eigenvalue weighted by Crippen LogP contribution is -2.30. The lowest BCUT2D eigenvalue weighted by atomic mass is 10.2. The van der Waals surface area contributed by atoms with Crippen molar-refractivity contribution in [2.45, 2.75) is 37.8 Å². The van der Waals surface area contributed by atoms with Gasteiger partial charge in [0.25, 0.3) is 5.69 Å². The van der Waals surface area contributed by atoms with Gasteiger partial charge in [-0.2, -0.15) is 0 Å². The van der Waals surface area contributed by atoms with Crippen LogP contribution in [0.4, 0.5) is 11.4 Å². The highest BCUT2D eigenvalue weighted by molar-refractivity contribution is 7.89. The van der Waals surface area contributed by atoms with Crippen LogP contribution in [0.3, 0.4) is 0 Å². The number of nitrogens with zero attached hydrogens (tertiary/aromatic N) is 1. The minimum atomic E-state index is -3.78. The van der Waals surface area contributed by atoms with Gasteiger partial charge in [-0.25, -0.2) is 13.1 Å². The van der Waals surface area contributed by atoms with E-state index in [9.17, 15) is 18.5 Å². The smallest absolute Gasteiger partial charge is 0.293 e. The fourth-order valence-corrected chi connectivity index (χ4v) is 3.16. The highest BCUT2D eigenvalue weighted by Gasteiger charge is 2.22. The van der Waals surface area contributed by atoms with Gasteiger partial charge in [-0.1, -0.05) is 0 Å². The number of hydrogen-bond acceptors (Lipinski definition) is 6. The lowest BCUT2D eigenvalue weighted by molar-refractivity contribution is -0.384. The van der Waals surface area contributed by atoms with Crippen LogP contribution >= 0.6 is 0 Å². The first-order chi connectivity index (χ1) is 10.2. The Morgan fingerprint density at radius 3 is 2.45 bits per heavy atom. The van der Waals surface area contributed by atoms with E-state index in [1.165, 1.54) is 19.2 Å². The Morgan fingerprint density at radius 1 is 1.32 bits per heavy atom. The largest absolute Gasteiger partial charge is 0.383 e. The van der Waals surface area contributed by atoms with Crippen LogP contribution in [0.25, 0.3) is 0 Å². The van der Waals surface area contributed by atoms with Crippen molar-refractivity contribution in [1.29, 1.82) is 0 Å². The maximum atomic E-state index is 12.1. The number of hydrogen-bond donors (Lipinski definition) is 2. The fraction of sp³-hybridized carbons (Fsp3) is 0.538. The van der Waals surface area contributed by atoms with E-state index in [1.807, 2.05) is 0 Å². The number of sulfonamides is 1. The number of nitro groups is 1. The van der Waals surface area contributed by atoms with Crippen LogP contribution in [-0.4, -0.2) is 39.1 Å². The summed E-state index contributed by atoms with van der Waals surface area (Å²) in [7, 11) is -2.25. The van der Waals surface area contributed by atoms with Gasteiger partial charge in [0.15, 0.2) is 0 Å². The summed E-state index contributed by atoms with van der Waals surface area (Å²) < 4.78 is 31.5. The third-order valence-electron chi connectivity index (χ3n) is 2.69. The molecular weight excluding hydrogens is 310 g/mol. The van der Waals surface area contributed by atoms with E-state index in [4.69, 9.17) is 4.74 Å². The van der Waals surface area contributed by atoms with Crippen molar-refractivity contribution < 1.29 is 18.1 Å². The third kappa shape index (κ3) is 4.93. The number of anilines is 1. The molecule has 124 valence electrons. The summed E-state index contributed by atoms with van der Waals surface area (Å²) in [6.07, 6.45) is 0. The van der Waals surface area contributed by atoms with Crippen molar-refractivity contribution in [2.75, 3.05) is 19.0 Å². The average molecular weight is 331 g/mol. The number of rotatable bonds is 8. The van der Waals surface area contributed by atoms with Crippen LogP contribution in [0, 0.1) is 10.1 Å². The second-order valence-corrected chi connectivity index (χ2v) is 6.93. The Labute approximate surface area is 130 Å². The quantitative estimate of drug-likeness (QED) is 0.554. The van der Waals surface area contributed by atoms with Gasteiger partial charge >= 0.3 is 0 Å². The normalized spacial score (nSPS) is 13.1. The summed E-state index contributed by atoms with van der Waals surface area (Å²) in [5, 5.41) is 14.1. The first kappa shape index (κ1) is 18.3. The predicted molar refractivity (Wildman–Crippen MR) is 83.5 cm³/mol. The molecular formula is C13H21N3O5S.